The molecule has 0 aliphatic carbocycles. The molecule has 0 fully saturated rings. The molecule has 0 aliphatic heterocycles. The predicted molar refractivity (Wildman–Crippen MR) is 56.7 cm³/mol. The van der Waals surface area contributed by atoms with Crippen molar-refractivity contribution in [2.45, 2.75) is 19.4 Å². The van der Waals surface area contributed by atoms with Crippen LogP contribution in [0.15, 0.2) is 18.3 Å². The molecule has 0 unspecified atom stereocenters. The summed E-state index contributed by atoms with van der Waals surface area (Å²) in [6, 6.07) is 3.39. The van der Waals surface area contributed by atoms with Crippen molar-refractivity contribution < 1.29 is 9.90 Å². The van der Waals surface area contributed by atoms with Crippen molar-refractivity contribution in [3.63, 3.8) is 0 Å². The maximum atomic E-state index is 10.8. The van der Waals surface area contributed by atoms with Gasteiger partial charge in [-0.1, -0.05) is 0 Å². The van der Waals surface area contributed by atoms with E-state index in [0.29, 0.717) is 22.3 Å². The first-order valence-corrected chi connectivity index (χ1v) is 4.68. The van der Waals surface area contributed by atoms with Gasteiger partial charge in [0, 0.05) is 17.5 Å². The molecule has 2 aromatic rings. The zero-order valence-corrected chi connectivity index (χ0v) is 8.61. The molecule has 2 rings (SSSR count). The minimum Gasteiger partial charge on any atom is -0.384 e. The van der Waals surface area contributed by atoms with Crippen LogP contribution in [0.3, 0.4) is 0 Å². The number of aromatic amines is 1. The number of hydrogen-bond donors (Lipinski definition) is 2. The smallest absolute Gasteiger partial charge is 0.152 e. The van der Waals surface area contributed by atoms with Gasteiger partial charge in [0.15, 0.2) is 6.29 Å². The van der Waals surface area contributed by atoms with E-state index in [1.165, 1.54) is 0 Å². The van der Waals surface area contributed by atoms with Gasteiger partial charge in [0.05, 0.1) is 16.6 Å². The van der Waals surface area contributed by atoms with E-state index in [2.05, 4.69) is 9.97 Å². The number of nitrogens with one attached hydrogen (secondary N) is 1. The van der Waals surface area contributed by atoms with Gasteiger partial charge < -0.3 is 10.1 Å². The minimum absolute atomic E-state index is 0.551. The molecule has 0 bridgehead atoms. The number of aldehydes is 1. The molecule has 2 heterocycles. The van der Waals surface area contributed by atoms with Crippen molar-refractivity contribution in [2.75, 3.05) is 0 Å². The first-order chi connectivity index (χ1) is 7.02. The van der Waals surface area contributed by atoms with Crippen LogP contribution in [0.25, 0.3) is 11.0 Å². The normalized spacial score (nSPS) is 11.9. The van der Waals surface area contributed by atoms with Gasteiger partial charge in [0.1, 0.15) is 0 Å². The van der Waals surface area contributed by atoms with Gasteiger partial charge in [-0.25, -0.2) is 0 Å². The van der Waals surface area contributed by atoms with E-state index in [4.69, 9.17) is 0 Å². The number of nitrogens with zero attached hydrogens (tertiary/aromatic N) is 1. The Kier molecular flexibility index (Phi) is 2.08. The highest BCUT2D eigenvalue weighted by Gasteiger charge is 2.19. The number of carbonyl (C=O) groups is 1. The fraction of sp³-hybridized carbons (Fsp3) is 0.273. The summed E-state index contributed by atoms with van der Waals surface area (Å²) >= 11 is 0. The number of hydrogen-bond acceptors (Lipinski definition) is 3. The maximum absolute atomic E-state index is 10.8. The van der Waals surface area contributed by atoms with E-state index in [-0.39, 0.29) is 0 Å². The molecule has 0 radical (unpaired) electrons. The molecule has 15 heavy (non-hydrogen) atoms. The van der Waals surface area contributed by atoms with Crippen LogP contribution >= 0.6 is 0 Å². The Bertz CT molecular complexity index is 509. The number of pyridine rings is 1. The summed E-state index contributed by atoms with van der Waals surface area (Å²) in [7, 11) is 0. The summed E-state index contributed by atoms with van der Waals surface area (Å²) in [6.07, 6.45) is 2.35. The number of aromatic nitrogens is 2. The highest BCUT2D eigenvalue weighted by atomic mass is 16.3. The van der Waals surface area contributed by atoms with Gasteiger partial charge in [-0.2, -0.15) is 0 Å². The van der Waals surface area contributed by atoms with E-state index in [1.54, 1.807) is 32.2 Å². The van der Waals surface area contributed by atoms with Gasteiger partial charge in [-0.3, -0.25) is 9.78 Å². The molecule has 0 amide bonds. The fourth-order valence-corrected chi connectivity index (χ4v) is 1.47. The average Bonchev–Trinajstić information content (AvgIpc) is 2.59. The van der Waals surface area contributed by atoms with E-state index < -0.39 is 5.60 Å². The van der Waals surface area contributed by atoms with E-state index in [0.717, 1.165) is 6.29 Å². The molecule has 0 aromatic carbocycles. The van der Waals surface area contributed by atoms with Gasteiger partial charge in [-0.05, 0) is 26.0 Å². The molecular formula is C11H12N2O2. The van der Waals surface area contributed by atoms with Crippen LogP contribution in [-0.2, 0) is 5.60 Å². The maximum Gasteiger partial charge on any atom is 0.152 e. The Morgan fingerprint density at radius 1 is 1.53 bits per heavy atom. The monoisotopic (exact) mass is 204 g/mol. The first kappa shape index (κ1) is 9.86. The summed E-state index contributed by atoms with van der Waals surface area (Å²) in [5.41, 5.74) is 1.61. The predicted octanol–water partition coefficient (Wildman–Crippen LogP) is 1.60. The van der Waals surface area contributed by atoms with E-state index in [9.17, 15) is 9.90 Å². The lowest BCUT2D eigenvalue weighted by molar-refractivity contribution is 0.0746. The Morgan fingerprint density at radius 2 is 2.27 bits per heavy atom. The number of carbonyl (C=O) groups excluding carboxylic acids is 1. The molecule has 4 nitrogen and oxygen atoms in total. The molecule has 0 saturated heterocycles. The summed E-state index contributed by atoms with van der Waals surface area (Å²) in [5, 5.41) is 9.81. The number of fused-ring (bicyclic) bond motifs is 1. The average molecular weight is 204 g/mol. The van der Waals surface area contributed by atoms with Gasteiger partial charge >= 0.3 is 0 Å². The molecule has 0 saturated carbocycles. The molecule has 0 spiro atoms. The summed E-state index contributed by atoms with van der Waals surface area (Å²) < 4.78 is 0. The number of aliphatic hydroxyl groups is 1. The third kappa shape index (κ3) is 1.64. The van der Waals surface area contributed by atoms with Crippen LogP contribution in [0.4, 0.5) is 0 Å². The molecule has 0 aliphatic rings. The molecule has 2 aromatic heterocycles. The molecule has 4 heteroatoms. The third-order valence-electron chi connectivity index (χ3n) is 2.34. The summed E-state index contributed by atoms with van der Waals surface area (Å²) in [6.45, 7) is 3.36. The quantitative estimate of drug-likeness (QED) is 0.730. The highest BCUT2D eigenvalue weighted by molar-refractivity contribution is 5.94. The second-order valence-electron chi connectivity index (χ2n) is 4.02. The van der Waals surface area contributed by atoms with Crippen molar-refractivity contribution in [3.8, 4) is 0 Å². The Balaban J connectivity index is 2.70. The van der Waals surface area contributed by atoms with Crippen LogP contribution in [0.5, 0.6) is 0 Å². The third-order valence-corrected chi connectivity index (χ3v) is 2.34. The molecular weight excluding hydrogens is 192 g/mol. The van der Waals surface area contributed by atoms with Crippen LogP contribution < -0.4 is 0 Å². The summed E-state index contributed by atoms with van der Waals surface area (Å²) in [4.78, 5) is 17.9. The van der Waals surface area contributed by atoms with Gasteiger partial charge in [0.2, 0.25) is 0 Å². The van der Waals surface area contributed by atoms with Gasteiger partial charge in [-0.15, -0.1) is 0 Å². The lowest BCUT2D eigenvalue weighted by atomic mass is 10.1. The van der Waals surface area contributed by atoms with Crippen molar-refractivity contribution in [3.05, 3.63) is 29.6 Å². The number of rotatable bonds is 2. The van der Waals surface area contributed by atoms with E-state index in [1.807, 2.05) is 0 Å². The van der Waals surface area contributed by atoms with Crippen LogP contribution in [0, 0.1) is 0 Å². The van der Waals surface area contributed by atoms with Crippen molar-refractivity contribution in [1.29, 1.82) is 0 Å². The second kappa shape index (κ2) is 3.17. The topological polar surface area (TPSA) is 66.0 Å². The summed E-state index contributed by atoms with van der Waals surface area (Å²) in [5.74, 6) is 0. The standard InChI is InChI=1S/C11H12N2O2/c1-11(2,15)9-5-8-10(13-9)7(6-14)3-4-12-8/h3-6,13,15H,1-2H3. The largest absolute Gasteiger partial charge is 0.384 e. The zero-order valence-electron chi connectivity index (χ0n) is 8.61. The minimum atomic E-state index is -0.957. The van der Waals surface area contributed by atoms with Crippen molar-refractivity contribution in [2.24, 2.45) is 0 Å². The Hall–Kier alpha value is -1.68. The Labute approximate surface area is 87.0 Å². The van der Waals surface area contributed by atoms with Crippen LogP contribution in [0.1, 0.15) is 29.9 Å². The highest BCUT2D eigenvalue weighted by Crippen LogP contribution is 2.23. The molecule has 78 valence electrons. The lowest BCUT2D eigenvalue weighted by Crippen LogP contribution is -2.15. The van der Waals surface area contributed by atoms with Crippen LogP contribution in [-0.4, -0.2) is 21.4 Å². The lowest BCUT2D eigenvalue weighted by Gasteiger charge is -2.14. The van der Waals surface area contributed by atoms with Crippen molar-refractivity contribution >= 4 is 17.3 Å². The number of H-pyrrole nitrogens is 1. The second-order valence-corrected chi connectivity index (χ2v) is 4.02. The van der Waals surface area contributed by atoms with Crippen molar-refractivity contribution in [1.82, 2.24) is 9.97 Å². The SMILES string of the molecule is CC(C)(O)c1cc2nccc(C=O)c2[nH]1. The van der Waals surface area contributed by atoms with Gasteiger partial charge in [0.25, 0.3) is 0 Å². The van der Waals surface area contributed by atoms with E-state index >= 15 is 0 Å². The zero-order chi connectivity index (χ0) is 11.1. The fourth-order valence-electron chi connectivity index (χ4n) is 1.47. The molecule has 0 atom stereocenters. The Morgan fingerprint density at radius 3 is 2.87 bits per heavy atom. The van der Waals surface area contributed by atoms with Crippen LogP contribution in [0.2, 0.25) is 0 Å². The molecule has 2 N–H and O–H groups in total. The first-order valence-electron chi connectivity index (χ1n) is 4.68.